The summed E-state index contributed by atoms with van der Waals surface area (Å²) in [5.41, 5.74) is 2.76. The lowest BCUT2D eigenvalue weighted by atomic mass is 9.86. The monoisotopic (exact) mass is 547 g/mol. The minimum absolute atomic E-state index is 0.0598. The number of carbonyl (C=O) groups is 2. The molecule has 40 heavy (non-hydrogen) atoms. The second-order valence-electron chi connectivity index (χ2n) is 10.4. The molecule has 0 bridgehead atoms. The van der Waals surface area contributed by atoms with Crippen molar-refractivity contribution >= 4 is 35.4 Å². The Morgan fingerprint density at radius 1 is 1.30 bits per heavy atom. The first-order valence-electron chi connectivity index (χ1n) is 12.9. The maximum absolute atomic E-state index is 14.8. The number of carbonyl (C=O) groups excluding carboxylic acids is 2. The van der Waals surface area contributed by atoms with Gasteiger partial charge in [-0.05, 0) is 56.7 Å². The van der Waals surface area contributed by atoms with Crippen LogP contribution in [0, 0.1) is 5.41 Å². The fourth-order valence-electron chi connectivity index (χ4n) is 4.85. The van der Waals surface area contributed by atoms with Crippen LogP contribution in [0.1, 0.15) is 38.3 Å². The van der Waals surface area contributed by atoms with Gasteiger partial charge in [0, 0.05) is 41.7 Å². The van der Waals surface area contributed by atoms with E-state index in [1.54, 1.807) is 18.2 Å². The van der Waals surface area contributed by atoms with Crippen molar-refractivity contribution in [1.29, 1.82) is 5.41 Å². The Hall–Kier alpha value is -4.45. The summed E-state index contributed by atoms with van der Waals surface area (Å²) in [7, 11) is 0. The number of nitrogens with one attached hydrogen (secondary N) is 3. The van der Waals surface area contributed by atoms with Gasteiger partial charge in [-0.15, -0.1) is 0 Å². The summed E-state index contributed by atoms with van der Waals surface area (Å²) in [6.45, 7) is 5.20. The van der Waals surface area contributed by atoms with Crippen molar-refractivity contribution in [3.63, 3.8) is 0 Å². The molecule has 3 atom stereocenters. The van der Waals surface area contributed by atoms with Crippen LogP contribution in [0.3, 0.4) is 0 Å². The number of aromatic nitrogens is 3. The van der Waals surface area contributed by atoms with E-state index in [0.29, 0.717) is 34.3 Å². The number of hydrogen-bond donors (Lipinski definition) is 4. The second-order valence-corrected chi connectivity index (χ2v) is 10.4. The highest BCUT2D eigenvalue weighted by molar-refractivity contribution is 6.06. The molecular weight excluding hydrogens is 517 g/mol. The Balaban J connectivity index is 1.30. The lowest BCUT2D eigenvalue weighted by Crippen LogP contribution is -2.51. The Bertz CT molecular complexity index is 1480. The third-order valence-corrected chi connectivity index (χ3v) is 7.19. The summed E-state index contributed by atoms with van der Waals surface area (Å²) in [5.74, 6) is 0.413. The SMILES string of the molecule is C[C@H](O)C(=O)N1CC[C@H](Oc2ccc(-c3ncnc(Nc4ccc5c(c4)NC(=O)C5(C)C)n3)cc2C=N)[C@H](F)C1. The van der Waals surface area contributed by atoms with E-state index in [1.165, 1.54) is 18.2 Å². The lowest BCUT2D eigenvalue weighted by Gasteiger charge is -2.35. The second kappa shape index (κ2) is 10.6. The fourth-order valence-corrected chi connectivity index (χ4v) is 4.85. The van der Waals surface area contributed by atoms with Crippen LogP contribution in [0.2, 0.25) is 0 Å². The van der Waals surface area contributed by atoms with Crippen molar-refractivity contribution in [2.45, 2.75) is 51.0 Å². The third kappa shape index (κ3) is 5.22. The van der Waals surface area contributed by atoms with Gasteiger partial charge in [0.1, 0.15) is 24.3 Å². The highest BCUT2D eigenvalue weighted by Gasteiger charge is 2.38. The predicted octanol–water partition coefficient (Wildman–Crippen LogP) is 3.21. The van der Waals surface area contributed by atoms with Crippen LogP contribution < -0.4 is 15.4 Å². The van der Waals surface area contributed by atoms with Gasteiger partial charge in [0.15, 0.2) is 12.0 Å². The first-order chi connectivity index (χ1) is 19.1. The van der Waals surface area contributed by atoms with Gasteiger partial charge in [0.25, 0.3) is 5.91 Å². The zero-order valence-corrected chi connectivity index (χ0v) is 22.3. The molecule has 0 spiro atoms. The number of rotatable bonds is 7. The molecule has 2 aliphatic heterocycles. The van der Waals surface area contributed by atoms with Gasteiger partial charge in [0.2, 0.25) is 11.9 Å². The topological polar surface area (TPSA) is 153 Å². The van der Waals surface area contributed by atoms with Crippen LogP contribution in [-0.4, -0.2) is 74.5 Å². The number of halogens is 1. The molecule has 2 amide bonds. The minimum atomic E-state index is -1.44. The molecule has 2 aromatic carbocycles. The zero-order chi connectivity index (χ0) is 28.6. The molecule has 0 saturated carbocycles. The largest absolute Gasteiger partial charge is 0.487 e. The van der Waals surface area contributed by atoms with E-state index in [9.17, 15) is 19.1 Å². The normalized spacial score (nSPS) is 20.3. The van der Waals surface area contributed by atoms with Crippen LogP contribution >= 0.6 is 0 Å². The van der Waals surface area contributed by atoms with E-state index in [0.717, 1.165) is 17.5 Å². The number of nitrogens with zero attached hydrogens (tertiary/aromatic N) is 4. The van der Waals surface area contributed by atoms with Crippen LogP contribution in [0.25, 0.3) is 11.4 Å². The molecule has 2 aliphatic rings. The van der Waals surface area contributed by atoms with Crippen LogP contribution in [0.4, 0.5) is 21.7 Å². The number of fused-ring (bicyclic) bond motifs is 1. The Morgan fingerprint density at radius 2 is 2.10 bits per heavy atom. The summed E-state index contributed by atoms with van der Waals surface area (Å²) in [6, 6.07) is 10.6. The molecule has 208 valence electrons. The number of likely N-dealkylation sites (tertiary alicyclic amines) is 1. The van der Waals surface area contributed by atoms with Gasteiger partial charge < -0.3 is 30.8 Å². The zero-order valence-electron chi connectivity index (χ0n) is 22.3. The molecule has 3 heterocycles. The molecule has 1 fully saturated rings. The summed E-state index contributed by atoms with van der Waals surface area (Å²) in [5, 5.41) is 23.4. The lowest BCUT2D eigenvalue weighted by molar-refractivity contribution is -0.143. The van der Waals surface area contributed by atoms with Crippen molar-refractivity contribution in [1.82, 2.24) is 19.9 Å². The quantitative estimate of drug-likeness (QED) is 0.329. The van der Waals surface area contributed by atoms with Gasteiger partial charge >= 0.3 is 0 Å². The summed E-state index contributed by atoms with van der Waals surface area (Å²) in [6.07, 6.45) is -0.683. The number of piperidine rings is 1. The Kier molecular flexibility index (Phi) is 7.19. The molecule has 12 heteroatoms. The van der Waals surface area contributed by atoms with Crippen molar-refractivity contribution < 1.29 is 23.8 Å². The molecule has 0 aliphatic carbocycles. The molecule has 3 aromatic rings. The molecule has 1 aromatic heterocycles. The molecule has 11 nitrogen and oxygen atoms in total. The van der Waals surface area contributed by atoms with Crippen LogP contribution in [-0.2, 0) is 15.0 Å². The summed E-state index contributed by atoms with van der Waals surface area (Å²) < 4.78 is 20.7. The number of ether oxygens (including phenoxy) is 1. The third-order valence-electron chi connectivity index (χ3n) is 7.19. The number of alkyl halides is 1. The number of benzene rings is 2. The minimum Gasteiger partial charge on any atom is -0.487 e. The standard InChI is InChI=1S/C28H30FN7O4/c1-15(37)25(38)36-9-8-23(20(29)13-36)40-22-7-4-16(10-17(22)12-30)24-31-14-32-27(35-24)33-18-5-6-19-21(11-18)34-26(39)28(19,2)3/h4-7,10-12,14-15,20,23,30,37H,8-9,13H2,1-3H3,(H,34,39)(H,31,32,33,35)/t15-,20+,23-/m0/s1. The number of hydrogen-bond acceptors (Lipinski definition) is 9. The Morgan fingerprint density at radius 3 is 2.83 bits per heavy atom. The van der Waals surface area contributed by atoms with Crippen molar-refractivity contribution in [3.05, 3.63) is 53.9 Å². The fraction of sp³-hybridized carbons (Fsp3) is 0.357. The molecule has 0 unspecified atom stereocenters. The first-order valence-corrected chi connectivity index (χ1v) is 12.9. The maximum Gasteiger partial charge on any atom is 0.251 e. The van der Waals surface area contributed by atoms with E-state index < -0.39 is 29.7 Å². The summed E-state index contributed by atoms with van der Waals surface area (Å²) in [4.78, 5) is 38.5. The van der Waals surface area contributed by atoms with Gasteiger partial charge in [-0.2, -0.15) is 4.98 Å². The highest BCUT2D eigenvalue weighted by atomic mass is 19.1. The predicted molar refractivity (Wildman–Crippen MR) is 147 cm³/mol. The van der Waals surface area contributed by atoms with Gasteiger partial charge in [-0.3, -0.25) is 9.59 Å². The highest BCUT2D eigenvalue weighted by Crippen LogP contribution is 2.39. The number of amides is 2. The van der Waals surface area contributed by atoms with E-state index in [2.05, 4.69) is 25.6 Å². The number of anilines is 3. The van der Waals surface area contributed by atoms with E-state index in [4.69, 9.17) is 10.1 Å². The van der Waals surface area contributed by atoms with Crippen LogP contribution in [0.15, 0.2) is 42.7 Å². The van der Waals surface area contributed by atoms with E-state index >= 15 is 0 Å². The maximum atomic E-state index is 14.8. The van der Waals surface area contributed by atoms with Gasteiger partial charge in [-0.1, -0.05) is 6.07 Å². The Labute approximate surface area is 230 Å². The van der Waals surface area contributed by atoms with Crippen molar-refractivity contribution in [2.75, 3.05) is 23.7 Å². The molecule has 1 saturated heterocycles. The van der Waals surface area contributed by atoms with Crippen LogP contribution in [0.5, 0.6) is 5.75 Å². The number of aliphatic hydroxyl groups excluding tert-OH is 1. The van der Waals surface area contributed by atoms with Gasteiger partial charge in [-0.25, -0.2) is 14.4 Å². The molecule has 4 N–H and O–H groups in total. The summed E-state index contributed by atoms with van der Waals surface area (Å²) >= 11 is 0. The van der Waals surface area contributed by atoms with Crippen molar-refractivity contribution in [2.24, 2.45) is 0 Å². The van der Waals surface area contributed by atoms with Gasteiger partial charge in [0.05, 0.1) is 12.0 Å². The molecule has 0 radical (unpaired) electrons. The average Bonchev–Trinajstić information content (AvgIpc) is 3.16. The molecule has 5 rings (SSSR count). The number of aliphatic hydroxyl groups is 1. The van der Waals surface area contributed by atoms with E-state index in [1.807, 2.05) is 32.0 Å². The van der Waals surface area contributed by atoms with E-state index in [-0.39, 0.29) is 25.4 Å². The smallest absolute Gasteiger partial charge is 0.251 e. The molecular formula is C28H30FN7O4. The first kappa shape index (κ1) is 27.1. The average molecular weight is 548 g/mol. The van der Waals surface area contributed by atoms with Crippen molar-refractivity contribution in [3.8, 4) is 17.1 Å².